The number of rotatable bonds is 4. The second-order valence-electron chi connectivity index (χ2n) is 8.67. The van der Waals surface area contributed by atoms with Crippen molar-refractivity contribution in [1.82, 2.24) is 19.6 Å². The molecule has 1 aliphatic carbocycles. The predicted octanol–water partition coefficient (Wildman–Crippen LogP) is 5.94. The SMILES string of the molecule is CC1(O)CCCCC1.CCC(F)F.CN=Nc1ccc(-c2c(F)cn3nc(N)nc(NC)c23)nc1C. The third-order valence-electron chi connectivity index (χ3n) is 5.60. The Balaban J connectivity index is 0.000000288. The van der Waals surface area contributed by atoms with E-state index in [2.05, 4.69) is 30.6 Å². The normalized spacial score (nSPS) is 14.8. The summed E-state index contributed by atoms with van der Waals surface area (Å²) in [6.07, 6.45) is 4.87. The first-order valence-electron chi connectivity index (χ1n) is 11.8. The van der Waals surface area contributed by atoms with Gasteiger partial charge < -0.3 is 16.2 Å². The highest BCUT2D eigenvalue weighted by atomic mass is 19.3. The van der Waals surface area contributed by atoms with Crippen LogP contribution in [0.4, 0.5) is 30.6 Å². The Morgan fingerprint density at radius 2 is 1.86 bits per heavy atom. The van der Waals surface area contributed by atoms with E-state index >= 15 is 0 Å². The van der Waals surface area contributed by atoms with Crippen molar-refractivity contribution in [2.75, 3.05) is 25.1 Å². The van der Waals surface area contributed by atoms with Crippen LogP contribution in [0.1, 0.15) is 58.1 Å². The molecule has 0 spiro atoms. The highest BCUT2D eigenvalue weighted by Crippen LogP contribution is 2.33. The molecule has 3 heterocycles. The molecule has 36 heavy (non-hydrogen) atoms. The number of anilines is 2. The fourth-order valence-corrected chi connectivity index (χ4v) is 3.71. The third-order valence-corrected chi connectivity index (χ3v) is 5.60. The lowest BCUT2D eigenvalue weighted by Crippen LogP contribution is -2.26. The average molecular weight is 509 g/mol. The Bertz CT molecular complexity index is 1160. The molecule has 4 rings (SSSR count). The first-order valence-corrected chi connectivity index (χ1v) is 11.8. The van der Waals surface area contributed by atoms with E-state index in [-0.39, 0.29) is 18.0 Å². The molecule has 0 saturated heterocycles. The summed E-state index contributed by atoms with van der Waals surface area (Å²) in [6.45, 7) is 5.17. The molecule has 0 unspecified atom stereocenters. The molecule has 3 aromatic heterocycles. The maximum Gasteiger partial charge on any atom is 0.240 e. The van der Waals surface area contributed by atoms with Gasteiger partial charge in [0.25, 0.3) is 0 Å². The van der Waals surface area contributed by atoms with E-state index in [1.54, 1.807) is 33.2 Å². The van der Waals surface area contributed by atoms with E-state index in [1.165, 1.54) is 36.9 Å². The van der Waals surface area contributed by atoms with Crippen LogP contribution >= 0.6 is 0 Å². The number of alkyl halides is 2. The van der Waals surface area contributed by atoms with Crippen LogP contribution in [0.25, 0.3) is 16.8 Å². The number of nitrogen functional groups attached to an aromatic ring is 1. The molecule has 1 saturated carbocycles. The lowest BCUT2D eigenvalue weighted by Gasteiger charge is -2.27. The molecule has 0 amide bonds. The maximum atomic E-state index is 14.5. The number of aromatic nitrogens is 4. The van der Waals surface area contributed by atoms with Crippen molar-refractivity contribution in [1.29, 1.82) is 0 Å². The lowest BCUT2D eigenvalue weighted by atomic mass is 9.87. The topological polar surface area (TPSA) is 126 Å². The van der Waals surface area contributed by atoms with E-state index in [4.69, 9.17) is 5.73 Å². The Morgan fingerprint density at radius 3 is 2.33 bits per heavy atom. The molecular weight excluding hydrogens is 473 g/mol. The van der Waals surface area contributed by atoms with Crippen LogP contribution in [-0.4, -0.2) is 50.8 Å². The first kappa shape index (κ1) is 29.0. The number of fused-ring (bicyclic) bond motifs is 1. The fraction of sp³-hybridized carbons (Fsp3) is 0.542. The number of hydrogen-bond acceptors (Lipinski definition) is 8. The monoisotopic (exact) mass is 508 g/mol. The lowest BCUT2D eigenvalue weighted by molar-refractivity contribution is 0.0225. The van der Waals surface area contributed by atoms with Crippen molar-refractivity contribution in [2.24, 2.45) is 10.2 Å². The summed E-state index contributed by atoms with van der Waals surface area (Å²) in [5.74, 6) is 0.0117. The molecule has 1 fully saturated rings. The van der Waals surface area contributed by atoms with Crippen molar-refractivity contribution in [3.8, 4) is 11.3 Å². The largest absolute Gasteiger partial charge is 0.390 e. The van der Waals surface area contributed by atoms with Crippen LogP contribution < -0.4 is 11.1 Å². The molecule has 1 aliphatic rings. The minimum absolute atomic E-state index is 0.0278. The number of nitrogens with two attached hydrogens (primary N) is 1. The quantitative estimate of drug-likeness (QED) is 0.375. The Morgan fingerprint density at radius 1 is 1.22 bits per heavy atom. The van der Waals surface area contributed by atoms with Gasteiger partial charge in [0.15, 0.2) is 11.6 Å². The van der Waals surface area contributed by atoms with Gasteiger partial charge in [-0.1, -0.05) is 26.2 Å². The van der Waals surface area contributed by atoms with Crippen molar-refractivity contribution in [3.63, 3.8) is 0 Å². The Hall–Kier alpha value is -3.28. The van der Waals surface area contributed by atoms with Gasteiger partial charge in [-0.05, 0) is 38.8 Å². The average Bonchev–Trinajstić information content (AvgIpc) is 3.16. The standard InChI is InChI=1S/C14H15FN8.C7H14O.C3H6F2/c1-7-9(21-18-3)4-5-10(19-7)11-8(15)6-23-12(11)13(17-2)20-14(16)22-23;1-7(8)5-3-2-4-6-7;1-2-3(4)5/h4-6H,1-3H3,(H3,16,17,20,22);8H,2-6H2,1H3;3H,2H2,1H3. The van der Waals surface area contributed by atoms with Crippen molar-refractivity contribution in [3.05, 3.63) is 29.8 Å². The highest BCUT2D eigenvalue weighted by molar-refractivity contribution is 5.88. The number of halogens is 3. The number of aliphatic hydroxyl groups is 1. The summed E-state index contributed by atoms with van der Waals surface area (Å²) in [5.41, 5.74) is 7.82. The van der Waals surface area contributed by atoms with E-state index in [1.807, 2.05) is 6.92 Å². The number of nitrogens with one attached hydrogen (secondary N) is 1. The Kier molecular flexibility index (Phi) is 10.6. The van der Waals surface area contributed by atoms with E-state index in [0.29, 0.717) is 34.0 Å². The molecule has 0 atom stereocenters. The minimum Gasteiger partial charge on any atom is -0.390 e. The number of azo groups is 1. The number of hydrogen-bond donors (Lipinski definition) is 3. The van der Waals surface area contributed by atoms with Crippen molar-refractivity contribution >= 4 is 23.0 Å². The second-order valence-corrected chi connectivity index (χ2v) is 8.67. The van der Waals surface area contributed by atoms with Gasteiger partial charge in [0.05, 0.1) is 28.7 Å². The van der Waals surface area contributed by atoms with Gasteiger partial charge in [-0.25, -0.2) is 17.7 Å². The molecule has 3 aromatic rings. The van der Waals surface area contributed by atoms with E-state index in [9.17, 15) is 18.3 Å². The maximum absolute atomic E-state index is 14.5. The van der Waals surface area contributed by atoms with Crippen LogP contribution in [-0.2, 0) is 0 Å². The zero-order valence-corrected chi connectivity index (χ0v) is 21.4. The molecular formula is C24H35F3N8O. The second kappa shape index (κ2) is 13.1. The van der Waals surface area contributed by atoms with Gasteiger partial charge >= 0.3 is 0 Å². The van der Waals surface area contributed by atoms with Crippen LogP contribution in [0.15, 0.2) is 28.6 Å². The summed E-state index contributed by atoms with van der Waals surface area (Å²) in [6, 6.07) is 3.43. The number of nitrogens with zero attached hydrogens (tertiary/aromatic N) is 6. The minimum atomic E-state index is -2.12. The summed E-state index contributed by atoms with van der Waals surface area (Å²) < 4.78 is 37.4. The zero-order valence-electron chi connectivity index (χ0n) is 21.4. The van der Waals surface area contributed by atoms with Crippen LogP contribution in [0.2, 0.25) is 0 Å². The molecule has 0 bridgehead atoms. The van der Waals surface area contributed by atoms with Gasteiger partial charge in [-0.3, -0.25) is 4.98 Å². The van der Waals surface area contributed by atoms with Gasteiger partial charge in [0, 0.05) is 20.5 Å². The fourth-order valence-electron chi connectivity index (χ4n) is 3.71. The highest BCUT2D eigenvalue weighted by Gasteiger charge is 2.22. The predicted molar refractivity (Wildman–Crippen MR) is 135 cm³/mol. The molecule has 9 nitrogen and oxygen atoms in total. The van der Waals surface area contributed by atoms with E-state index < -0.39 is 12.2 Å². The summed E-state index contributed by atoms with van der Waals surface area (Å²) in [4.78, 5) is 8.52. The van der Waals surface area contributed by atoms with Crippen molar-refractivity contribution < 1.29 is 18.3 Å². The van der Waals surface area contributed by atoms with E-state index in [0.717, 1.165) is 12.8 Å². The van der Waals surface area contributed by atoms with Crippen LogP contribution in [0, 0.1) is 12.7 Å². The molecule has 4 N–H and O–H groups in total. The van der Waals surface area contributed by atoms with Crippen LogP contribution in [0.5, 0.6) is 0 Å². The van der Waals surface area contributed by atoms with Gasteiger partial charge in [0.1, 0.15) is 11.2 Å². The third kappa shape index (κ3) is 7.87. The summed E-state index contributed by atoms with van der Waals surface area (Å²) >= 11 is 0. The Labute approximate surface area is 209 Å². The number of pyridine rings is 1. The van der Waals surface area contributed by atoms with Crippen LogP contribution in [0.3, 0.4) is 0 Å². The van der Waals surface area contributed by atoms with Crippen molar-refractivity contribution in [2.45, 2.75) is 71.3 Å². The molecule has 12 heteroatoms. The van der Waals surface area contributed by atoms with Gasteiger partial charge in [-0.2, -0.15) is 15.2 Å². The molecule has 0 radical (unpaired) electrons. The summed E-state index contributed by atoms with van der Waals surface area (Å²) in [5, 5.41) is 24.0. The van der Waals surface area contributed by atoms with Gasteiger partial charge in [-0.15, -0.1) is 5.10 Å². The molecule has 0 aliphatic heterocycles. The van der Waals surface area contributed by atoms with Gasteiger partial charge in [0.2, 0.25) is 12.4 Å². The molecule has 0 aromatic carbocycles. The smallest absolute Gasteiger partial charge is 0.240 e. The first-order chi connectivity index (χ1) is 17.0. The molecule has 198 valence electrons. The number of aryl methyl sites for hydroxylation is 1. The zero-order chi connectivity index (χ0) is 26.9. The summed E-state index contributed by atoms with van der Waals surface area (Å²) in [7, 11) is 3.26.